The molecule has 6 heteroatoms. The number of piperidine rings is 1. The van der Waals surface area contributed by atoms with Gasteiger partial charge in [-0.15, -0.1) is 11.3 Å². The molecule has 2 atom stereocenters. The fourth-order valence-electron chi connectivity index (χ4n) is 3.49. The number of hydrogen-bond acceptors (Lipinski definition) is 5. The minimum Gasteiger partial charge on any atom is -0.386 e. The van der Waals surface area contributed by atoms with Crippen LogP contribution in [0.1, 0.15) is 35.9 Å². The average molecular weight is 324 g/mol. The summed E-state index contributed by atoms with van der Waals surface area (Å²) in [5.74, 6) is 0.123. The number of nitrogens with zero attached hydrogens (tertiary/aromatic N) is 1. The molecule has 1 amide bonds. The summed E-state index contributed by atoms with van der Waals surface area (Å²) in [4.78, 5) is 15.1. The summed E-state index contributed by atoms with van der Waals surface area (Å²) in [5, 5.41) is 15.5. The second kappa shape index (κ2) is 5.92. The SMILES string of the molecule is CN[C@H]1CC2(CCN(C(=O)c3cccs3)CC2)OC[C@]1(C)O. The first kappa shape index (κ1) is 15.9. The van der Waals surface area contributed by atoms with Crippen LogP contribution in [-0.4, -0.2) is 59.9 Å². The maximum absolute atomic E-state index is 12.4. The molecule has 2 aliphatic heterocycles. The minimum absolute atomic E-state index is 0.0285. The molecule has 0 unspecified atom stereocenters. The first-order chi connectivity index (χ1) is 10.5. The lowest BCUT2D eigenvalue weighted by molar-refractivity contribution is -0.189. The van der Waals surface area contributed by atoms with Gasteiger partial charge in [-0.1, -0.05) is 6.07 Å². The highest BCUT2D eigenvalue weighted by molar-refractivity contribution is 7.12. The van der Waals surface area contributed by atoms with E-state index < -0.39 is 5.60 Å². The third-order valence-electron chi connectivity index (χ3n) is 5.04. The number of rotatable bonds is 2. The Morgan fingerprint density at radius 2 is 2.23 bits per heavy atom. The molecular weight excluding hydrogens is 300 g/mol. The number of hydrogen-bond donors (Lipinski definition) is 2. The molecule has 2 saturated heterocycles. The second-order valence-corrected chi connectivity index (χ2v) is 7.59. The van der Waals surface area contributed by atoms with Gasteiger partial charge in [0, 0.05) is 19.1 Å². The predicted molar refractivity (Wildman–Crippen MR) is 86.2 cm³/mol. The van der Waals surface area contributed by atoms with E-state index in [1.807, 2.05) is 36.4 Å². The second-order valence-electron chi connectivity index (χ2n) is 6.64. The fraction of sp³-hybridized carbons (Fsp3) is 0.688. The monoisotopic (exact) mass is 324 g/mol. The molecule has 122 valence electrons. The number of likely N-dealkylation sites (N-methyl/N-ethyl adjacent to an activating group) is 1. The van der Waals surface area contributed by atoms with Gasteiger partial charge in [0.15, 0.2) is 0 Å². The third kappa shape index (κ3) is 2.93. The third-order valence-corrected chi connectivity index (χ3v) is 5.90. The van der Waals surface area contributed by atoms with Gasteiger partial charge in [0.1, 0.15) is 5.60 Å². The highest BCUT2D eigenvalue weighted by atomic mass is 32.1. The molecule has 1 aromatic rings. The number of nitrogens with one attached hydrogen (secondary N) is 1. The molecule has 5 nitrogen and oxygen atoms in total. The van der Waals surface area contributed by atoms with Crippen molar-refractivity contribution >= 4 is 17.2 Å². The quantitative estimate of drug-likeness (QED) is 0.865. The number of amides is 1. The summed E-state index contributed by atoms with van der Waals surface area (Å²) >= 11 is 1.49. The van der Waals surface area contributed by atoms with E-state index in [0.29, 0.717) is 6.61 Å². The van der Waals surface area contributed by atoms with E-state index in [1.165, 1.54) is 11.3 Å². The van der Waals surface area contributed by atoms with Crippen molar-refractivity contribution in [3.05, 3.63) is 22.4 Å². The molecule has 0 aliphatic carbocycles. The van der Waals surface area contributed by atoms with Gasteiger partial charge in [-0.05, 0) is 44.7 Å². The molecule has 2 N–H and O–H groups in total. The molecule has 2 fully saturated rings. The summed E-state index contributed by atoms with van der Waals surface area (Å²) in [6.07, 6.45) is 2.45. The summed E-state index contributed by atoms with van der Waals surface area (Å²) in [6, 6.07) is 3.82. The number of aliphatic hydroxyl groups is 1. The summed E-state index contributed by atoms with van der Waals surface area (Å²) < 4.78 is 6.05. The number of carbonyl (C=O) groups is 1. The van der Waals surface area contributed by atoms with Crippen LogP contribution in [-0.2, 0) is 4.74 Å². The Labute approximate surface area is 135 Å². The van der Waals surface area contributed by atoms with Crippen molar-refractivity contribution in [2.75, 3.05) is 26.7 Å². The summed E-state index contributed by atoms with van der Waals surface area (Å²) in [5.41, 5.74) is -1.04. The van der Waals surface area contributed by atoms with Crippen molar-refractivity contribution in [2.24, 2.45) is 0 Å². The zero-order valence-corrected chi connectivity index (χ0v) is 14.0. The van der Waals surface area contributed by atoms with Crippen LogP contribution in [0, 0.1) is 0 Å². The lowest BCUT2D eigenvalue weighted by Crippen LogP contribution is -2.62. The number of thiophene rings is 1. The van der Waals surface area contributed by atoms with Gasteiger partial charge >= 0.3 is 0 Å². The normalized spacial score (nSPS) is 31.4. The molecule has 0 radical (unpaired) electrons. The highest BCUT2D eigenvalue weighted by Gasteiger charge is 2.48. The zero-order valence-electron chi connectivity index (χ0n) is 13.2. The maximum atomic E-state index is 12.4. The molecule has 3 heterocycles. The van der Waals surface area contributed by atoms with Gasteiger partial charge in [-0.25, -0.2) is 0 Å². The molecule has 0 bridgehead atoms. The Morgan fingerprint density at radius 3 is 2.82 bits per heavy atom. The standard InChI is InChI=1S/C16H24N2O3S/c1-15(20)11-21-16(10-13(15)17-2)5-7-18(8-6-16)14(19)12-4-3-9-22-12/h3-4,9,13,17,20H,5-8,10-11H2,1-2H3/t13-,15-/m0/s1. The summed E-state index contributed by atoms with van der Waals surface area (Å²) in [7, 11) is 1.88. The van der Waals surface area contributed by atoms with E-state index in [-0.39, 0.29) is 17.6 Å². The number of likely N-dealkylation sites (tertiary alicyclic amines) is 1. The largest absolute Gasteiger partial charge is 0.386 e. The van der Waals surface area contributed by atoms with Crippen molar-refractivity contribution in [3.8, 4) is 0 Å². The minimum atomic E-state index is -0.829. The van der Waals surface area contributed by atoms with Crippen LogP contribution in [0.5, 0.6) is 0 Å². The van der Waals surface area contributed by atoms with E-state index in [4.69, 9.17) is 4.74 Å². The Kier molecular flexibility index (Phi) is 4.29. The van der Waals surface area contributed by atoms with E-state index in [2.05, 4.69) is 5.32 Å². The van der Waals surface area contributed by atoms with Crippen LogP contribution < -0.4 is 5.32 Å². The van der Waals surface area contributed by atoms with Crippen molar-refractivity contribution in [3.63, 3.8) is 0 Å². The molecule has 1 spiro atoms. The molecule has 3 rings (SSSR count). The highest BCUT2D eigenvalue weighted by Crippen LogP contribution is 2.38. The van der Waals surface area contributed by atoms with Crippen LogP contribution in [0.25, 0.3) is 0 Å². The lowest BCUT2D eigenvalue weighted by Gasteiger charge is -2.50. The van der Waals surface area contributed by atoms with Gasteiger partial charge in [0.25, 0.3) is 5.91 Å². The van der Waals surface area contributed by atoms with Gasteiger partial charge in [0.2, 0.25) is 0 Å². The van der Waals surface area contributed by atoms with Crippen LogP contribution >= 0.6 is 11.3 Å². The van der Waals surface area contributed by atoms with E-state index >= 15 is 0 Å². The van der Waals surface area contributed by atoms with Crippen LogP contribution in [0.15, 0.2) is 17.5 Å². The van der Waals surface area contributed by atoms with Gasteiger partial charge in [0.05, 0.1) is 17.1 Å². The molecule has 22 heavy (non-hydrogen) atoms. The Morgan fingerprint density at radius 1 is 1.50 bits per heavy atom. The molecule has 2 aliphatic rings. The average Bonchev–Trinajstić information content (AvgIpc) is 3.04. The van der Waals surface area contributed by atoms with Gasteiger partial charge < -0.3 is 20.1 Å². The fourth-order valence-corrected chi connectivity index (χ4v) is 4.18. The Balaban J connectivity index is 1.63. The zero-order chi connectivity index (χ0) is 15.8. The predicted octanol–water partition coefficient (Wildman–Crippen LogP) is 1.48. The van der Waals surface area contributed by atoms with Crippen LogP contribution in [0.4, 0.5) is 0 Å². The van der Waals surface area contributed by atoms with Gasteiger partial charge in [-0.3, -0.25) is 4.79 Å². The van der Waals surface area contributed by atoms with Crippen molar-refractivity contribution < 1.29 is 14.6 Å². The lowest BCUT2D eigenvalue weighted by atomic mass is 9.77. The van der Waals surface area contributed by atoms with Crippen molar-refractivity contribution in [1.29, 1.82) is 0 Å². The van der Waals surface area contributed by atoms with E-state index in [9.17, 15) is 9.90 Å². The van der Waals surface area contributed by atoms with E-state index in [0.717, 1.165) is 37.2 Å². The molecule has 0 saturated carbocycles. The number of ether oxygens (including phenoxy) is 1. The molecule has 1 aromatic heterocycles. The molecule has 0 aromatic carbocycles. The number of carbonyl (C=O) groups excluding carboxylic acids is 1. The Hall–Kier alpha value is -0.950. The topological polar surface area (TPSA) is 61.8 Å². The van der Waals surface area contributed by atoms with E-state index in [1.54, 1.807) is 0 Å². The van der Waals surface area contributed by atoms with Gasteiger partial charge in [-0.2, -0.15) is 0 Å². The smallest absolute Gasteiger partial charge is 0.263 e. The first-order valence-electron chi connectivity index (χ1n) is 7.82. The summed E-state index contributed by atoms with van der Waals surface area (Å²) in [6.45, 7) is 3.60. The first-order valence-corrected chi connectivity index (χ1v) is 8.70. The van der Waals surface area contributed by atoms with Crippen molar-refractivity contribution in [2.45, 2.75) is 43.4 Å². The Bertz CT molecular complexity index is 522. The van der Waals surface area contributed by atoms with Crippen molar-refractivity contribution in [1.82, 2.24) is 10.2 Å². The van der Waals surface area contributed by atoms with Crippen LogP contribution in [0.3, 0.4) is 0 Å². The van der Waals surface area contributed by atoms with Crippen LogP contribution in [0.2, 0.25) is 0 Å². The molecular formula is C16H24N2O3S. The maximum Gasteiger partial charge on any atom is 0.263 e.